The minimum absolute atomic E-state index is 0.555. The molecule has 2 aliphatic rings. The topological polar surface area (TPSA) is 9.86 Å². The average molecular weight is 738 g/mol. The van der Waals surface area contributed by atoms with Gasteiger partial charge in [0.15, 0.2) is 0 Å². The number of hydrogen-bond donors (Lipinski definition) is 0. The Morgan fingerprint density at radius 1 is 0.440 bits per heavy atom. The molecule has 0 N–H and O–H groups in total. The van der Waals surface area contributed by atoms with Crippen molar-refractivity contribution in [3.8, 4) is 11.4 Å². The van der Waals surface area contributed by atoms with Crippen LogP contribution in [0.5, 0.6) is 0 Å². The van der Waals surface area contributed by atoms with Gasteiger partial charge in [-0.2, -0.15) is 0 Å². The standard InChI is InChI=1S/2C22H16N.C2H6Si.Zr/c2*1-15-13-16-7-6-12-22(19(16)14-15)23-20-10-4-2-8-17(20)18-9-3-5-11-21(18)23;1-3-2;/h2*2-14H,1H3;1-2H3;. The molecule has 0 saturated heterocycles. The number of aromatic nitrogens is 2. The first-order valence-corrected chi connectivity index (χ1v) is 26.8. The molecule has 2 unspecified atom stereocenters. The van der Waals surface area contributed by atoms with Crippen molar-refractivity contribution in [3.63, 3.8) is 0 Å². The van der Waals surface area contributed by atoms with Crippen molar-refractivity contribution < 1.29 is 20.4 Å². The van der Waals surface area contributed by atoms with Crippen LogP contribution in [0.1, 0.15) is 43.4 Å². The molecule has 2 aromatic heterocycles. The van der Waals surface area contributed by atoms with E-state index in [0.29, 0.717) is 7.25 Å². The molecule has 0 aliphatic heterocycles. The predicted molar refractivity (Wildman–Crippen MR) is 212 cm³/mol. The second kappa shape index (κ2) is 11.5. The van der Waals surface area contributed by atoms with Crippen molar-refractivity contribution in [3.05, 3.63) is 167 Å². The first-order chi connectivity index (χ1) is 24.5. The predicted octanol–water partition coefficient (Wildman–Crippen LogP) is 12.4. The second-order valence-corrected chi connectivity index (χ2v) is 32.3. The molecule has 0 spiro atoms. The van der Waals surface area contributed by atoms with Crippen LogP contribution in [0.2, 0.25) is 13.1 Å². The van der Waals surface area contributed by atoms with Crippen molar-refractivity contribution in [2.45, 2.75) is 34.2 Å². The molecule has 4 heteroatoms. The molecule has 0 fully saturated rings. The van der Waals surface area contributed by atoms with Crippen molar-refractivity contribution in [2.75, 3.05) is 0 Å². The molecule has 2 atom stereocenters. The third-order valence-corrected chi connectivity index (χ3v) is 31.3. The summed E-state index contributed by atoms with van der Waals surface area (Å²) in [7, 11) is 0. The van der Waals surface area contributed by atoms with E-state index in [0.717, 1.165) is 0 Å². The zero-order valence-electron chi connectivity index (χ0n) is 28.9. The molecule has 0 amide bonds. The number of benzene rings is 6. The van der Waals surface area contributed by atoms with E-state index in [1.165, 1.54) is 66.1 Å². The van der Waals surface area contributed by atoms with Crippen LogP contribution in [0.15, 0.2) is 145 Å². The summed E-state index contributed by atoms with van der Waals surface area (Å²) in [6, 6.07) is 50.0. The Balaban J connectivity index is 1.15. The monoisotopic (exact) mass is 736 g/mol. The van der Waals surface area contributed by atoms with Crippen LogP contribution in [-0.4, -0.2) is 14.6 Å². The van der Waals surface area contributed by atoms with Gasteiger partial charge >= 0.3 is 303 Å². The Bertz CT molecular complexity index is 2530. The van der Waals surface area contributed by atoms with Crippen LogP contribution < -0.4 is 0 Å². The zero-order valence-corrected chi connectivity index (χ0v) is 32.4. The van der Waals surface area contributed by atoms with Gasteiger partial charge in [-0.25, -0.2) is 0 Å². The molecule has 0 saturated carbocycles. The molecular weight excluding hydrogens is 700 g/mol. The molecule has 0 radical (unpaired) electrons. The van der Waals surface area contributed by atoms with E-state index >= 15 is 0 Å². The summed E-state index contributed by atoms with van der Waals surface area (Å²) in [6.45, 7) is 10.1. The summed E-state index contributed by atoms with van der Waals surface area (Å²) < 4.78 is 6.19. The van der Waals surface area contributed by atoms with Crippen LogP contribution in [0, 0.1) is 0 Å². The normalized spacial score (nSPS) is 16.6. The van der Waals surface area contributed by atoms with Crippen molar-refractivity contribution in [1.82, 2.24) is 9.13 Å². The molecule has 10 rings (SSSR count). The van der Waals surface area contributed by atoms with E-state index in [1.54, 1.807) is 22.3 Å². The maximum atomic E-state index is 2.63. The Kier molecular flexibility index (Phi) is 6.99. The molecular formula is C46H38N2SiZr. The molecule has 0 bridgehead atoms. The quantitative estimate of drug-likeness (QED) is 0.159. The Labute approximate surface area is 301 Å². The van der Waals surface area contributed by atoms with Crippen LogP contribution in [0.4, 0.5) is 0 Å². The Morgan fingerprint density at radius 2 is 0.780 bits per heavy atom. The first-order valence-electron chi connectivity index (χ1n) is 17.8. The Hall–Kier alpha value is -4.50. The van der Waals surface area contributed by atoms with Gasteiger partial charge in [0, 0.05) is 0 Å². The second-order valence-electron chi connectivity index (χ2n) is 14.4. The van der Waals surface area contributed by atoms with E-state index in [2.05, 4.69) is 182 Å². The fourth-order valence-corrected chi connectivity index (χ4v) is 30.1. The van der Waals surface area contributed by atoms with Crippen LogP contribution >= 0.6 is 0 Å². The number of allylic oxidation sites excluding steroid dienone is 2. The van der Waals surface area contributed by atoms with Crippen LogP contribution in [0.3, 0.4) is 0 Å². The van der Waals surface area contributed by atoms with E-state index in [4.69, 9.17) is 0 Å². The van der Waals surface area contributed by atoms with Gasteiger partial charge in [-0.3, -0.25) is 0 Å². The molecule has 50 heavy (non-hydrogen) atoms. The van der Waals surface area contributed by atoms with E-state index in [1.807, 2.05) is 0 Å². The summed E-state index contributed by atoms with van der Waals surface area (Å²) in [5.41, 5.74) is 16.4. The molecule has 2 heterocycles. The zero-order chi connectivity index (χ0) is 33.7. The average Bonchev–Trinajstić information content (AvgIpc) is 3.86. The molecule has 2 aliphatic carbocycles. The summed E-state index contributed by atoms with van der Waals surface area (Å²) >= 11 is -2.27. The summed E-state index contributed by atoms with van der Waals surface area (Å²) in [5, 5.41) is 5.29. The van der Waals surface area contributed by atoms with Gasteiger partial charge < -0.3 is 0 Å². The number of hydrogen-bond acceptors (Lipinski definition) is 0. The molecule has 240 valence electrons. The SMILES string of the molecule is CC1=Cc2c(cccc2-n2c3ccccc3c3ccccc32)[CH]1[Zr]([CH]1C(C)=Cc2c1cccc2-n1c2ccccc2c2ccccc21)=[Si](C)C. The van der Waals surface area contributed by atoms with Gasteiger partial charge in [0.05, 0.1) is 0 Å². The number of para-hydroxylation sites is 4. The first kappa shape index (κ1) is 30.3. The van der Waals surface area contributed by atoms with Gasteiger partial charge in [-0.05, 0) is 0 Å². The third-order valence-electron chi connectivity index (χ3n) is 11.4. The van der Waals surface area contributed by atoms with E-state index in [-0.39, 0.29) is 0 Å². The van der Waals surface area contributed by atoms with Crippen molar-refractivity contribution in [1.29, 1.82) is 0 Å². The van der Waals surface area contributed by atoms with Crippen LogP contribution in [0.25, 0.3) is 67.1 Å². The summed E-state index contributed by atoms with van der Waals surface area (Å²) in [6.07, 6.45) is 5.13. The number of rotatable bonds is 4. The number of nitrogens with zero attached hydrogens (tertiary/aromatic N) is 2. The van der Waals surface area contributed by atoms with Gasteiger partial charge in [-0.15, -0.1) is 0 Å². The van der Waals surface area contributed by atoms with E-state index < -0.39 is 25.8 Å². The van der Waals surface area contributed by atoms with Gasteiger partial charge in [0.25, 0.3) is 0 Å². The van der Waals surface area contributed by atoms with E-state index in [9.17, 15) is 0 Å². The molecule has 6 aromatic carbocycles. The fourth-order valence-electron chi connectivity index (χ4n) is 9.40. The van der Waals surface area contributed by atoms with Crippen LogP contribution in [-0.2, 0) is 20.4 Å². The summed E-state index contributed by atoms with van der Waals surface area (Å²) in [4.78, 5) is 0. The van der Waals surface area contributed by atoms with Crippen molar-refractivity contribution in [2.24, 2.45) is 0 Å². The maximum absolute atomic E-state index is 2.63. The minimum atomic E-state index is -2.27. The van der Waals surface area contributed by atoms with Gasteiger partial charge in [0.2, 0.25) is 0 Å². The molecule has 2 nitrogen and oxygen atoms in total. The Morgan fingerprint density at radius 3 is 1.12 bits per heavy atom. The third kappa shape index (κ3) is 4.28. The molecule has 8 aromatic rings. The van der Waals surface area contributed by atoms with Gasteiger partial charge in [-0.1, -0.05) is 0 Å². The fraction of sp³-hybridized carbons (Fsp3) is 0.130. The number of fused-ring (bicyclic) bond motifs is 8. The van der Waals surface area contributed by atoms with Crippen molar-refractivity contribution >= 4 is 61.2 Å². The van der Waals surface area contributed by atoms with Gasteiger partial charge in [0.1, 0.15) is 0 Å². The summed E-state index contributed by atoms with van der Waals surface area (Å²) in [5.74, 6) is 0.